The molecule has 0 aliphatic heterocycles. The van der Waals surface area contributed by atoms with Crippen molar-refractivity contribution in [2.45, 2.75) is 6.92 Å². The molecule has 21 heavy (non-hydrogen) atoms. The zero-order valence-corrected chi connectivity index (χ0v) is 11.0. The van der Waals surface area contributed by atoms with Crippen LogP contribution in [0.25, 0.3) is 0 Å². The summed E-state index contributed by atoms with van der Waals surface area (Å²) in [7, 11) is 0. The SMILES string of the molecule is Cc1cccc(C(=O)Nc2ccc(F)c(C(=O)O)c2)c1F. The number of carboxylic acids is 1. The molecular weight excluding hydrogens is 280 g/mol. The van der Waals surface area contributed by atoms with E-state index in [1.165, 1.54) is 31.2 Å². The van der Waals surface area contributed by atoms with Gasteiger partial charge >= 0.3 is 5.97 Å². The Morgan fingerprint density at radius 2 is 1.81 bits per heavy atom. The fraction of sp³-hybridized carbons (Fsp3) is 0.0667. The summed E-state index contributed by atoms with van der Waals surface area (Å²) >= 11 is 0. The van der Waals surface area contributed by atoms with Gasteiger partial charge in [0.25, 0.3) is 5.91 Å². The van der Waals surface area contributed by atoms with Crippen LogP contribution in [-0.4, -0.2) is 17.0 Å². The Balaban J connectivity index is 2.30. The summed E-state index contributed by atoms with van der Waals surface area (Å²) in [6.45, 7) is 1.52. The van der Waals surface area contributed by atoms with Crippen LogP contribution in [0.3, 0.4) is 0 Å². The van der Waals surface area contributed by atoms with Crippen molar-refractivity contribution in [1.82, 2.24) is 0 Å². The number of halogens is 2. The minimum absolute atomic E-state index is 0.0692. The number of hydrogen-bond donors (Lipinski definition) is 2. The first kappa shape index (κ1) is 14.6. The number of anilines is 1. The van der Waals surface area contributed by atoms with Gasteiger partial charge in [0, 0.05) is 5.69 Å². The molecule has 1 amide bonds. The maximum absolute atomic E-state index is 13.8. The van der Waals surface area contributed by atoms with Crippen LogP contribution in [0, 0.1) is 18.6 Å². The molecule has 2 rings (SSSR count). The van der Waals surface area contributed by atoms with Gasteiger partial charge in [0.15, 0.2) is 0 Å². The molecule has 0 heterocycles. The van der Waals surface area contributed by atoms with E-state index in [1.54, 1.807) is 0 Å². The highest BCUT2D eigenvalue weighted by Gasteiger charge is 2.15. The summed E-state index contributed by atoms with van der Waals surface area (Å²) in [5, 5.41) is 11.1. The van der Waals surface area contributed by atoms with Crippen LogP contribution in [0.5, 0.6) is 0 Å². The number of benzene rings is 2. The van der Waals surface area contributed by atoms with E-state index >= 15 is 0 Å². The second-order valence-electron chi connectivity index (χ2n) is 4.39. The highest BCUT2D eigenvalue weighted by Crippen LogP contribution is 2.18. The number of aryl methyl sites for hydroxylation is 1. The van der Waals surface area contributed by atoms with Gasteiger partial charge in [0.05, 0.1) is 11.1 Å². The van der Waals surface area contributed by atoms with E-state index in [1.807, 2.05) is 0 Å². The molecule has 6 heteroatoms. The molecule has 0 aromatic heterocycles. The van der Waals surface area contributed by atoms with Gasteiger partial charge in [-0.2, -0.15) is 0 Å². The van der Waals surface area contributed by atoms with Crippen molar-refractivity contribution in [2.24, 2.45) is 0 Å². The molecule has 0 bridgehead atoms. The second kappa shape index (κ2) is 5.70. The predicted octanol–water partition coefficient (Wildman–Crippen LogP) is 3.22. The van der Waals surface area contributed by atoms with Crippen molar-refractivity contribution < 1.29 is 23.5 Å². The van der Waals surface area contributed by atoms with Crippen molar-refractivity contribution in [2.75, 3.05) is 5.32 Å². The van der Waals surface area contributed by atoms with Gasteiger partial charge in [-0.1, -0.05) is 12.1 Å². The van der Waals surface area contributed by atoms with Gasteiger partial charge in [-0.05, 0) is 36.8 Å². The highest BCUT2D eigenvalue weighted by molar-refractivity contribution is 6.05. The number of hydrogen-bond acceptors (Lipinski definition) is 2. The van der Waals surface area contributed by atoms with Gasteiger partial charge in [0.2, 0.25) is 0 Å². The highest BCUT2D eigenvalue weighted by atomic mass is 19.1. The first-order valence-electron chi connectivity index (χ1n) is 5.99. The van der Waals surface area contributed by atoms with E-state index in [0.717, 1.165) is 12.1 Å². The lowest BCUT2D eigenvalue weighted by atomic mass is 10.1. The summed E-state index contributed by atoms with van der Waals surface area (Å²) in [5.74, 6) is -3.76. The van der Waals surface area contributed by atoms with Crippen LogP contribution >= 0.6 is 0 Å². The largest absolute Gasteiger partial charge is 0.478 e. The smallest absolute Gasteiger partial charge is 0.338 e. The molecule has 2 N–H and O–H groups in total. The number of carboxylic acid groups (broad SMARTS) is 1. The maximum atomic E-state index is 13.8. The molecular formula is C15H11F2NO3. The lowest BCUT2D eigenvalue weighted by Crippen LogP contribution is -2.15. The van der Waals surface area contributed by atoms with E-state index in [0.29, 0.717) is 5.56 Å². The fourth-order valence-corrected chi connectivity index (χ4v) is 1.79. The van der Waals surface area contributed by atoms with E-state index in [9.17, 15) is 18.4 Å². The van der Waals surface area contributed by atoms with Crippen LogP contribution < -0.4 is 5.32 Å². The lowest BCUT2D eigenvalue weighted by Gasteiger charge is -2.08. The normalized spacial score (nSPS) is 10.2. The van der Waals surface area contributed by atoms with Crippen molar-refractivity contribution in [3.8, 4) is 0 Å². The minimum atomic E-state index is -1.45. The molecule has 0 atom stereocenters. The molecule has 0 aliphatic rings. The monoisotopic (exact) mass is 291 g/mol. The topological polar surface area (TPSA) is 66.4 Å². The Morgan fingerprint density at radius 3 is 2.48 bits per heavy atom. The molecule has 108 valence electrons. The Bertz CT molecular complexity index is 729. The summed E-state index contributed by atoms with van der Waals surface area (Å²) < 4.78 is 27.1. The van der Waals surface area contributed by atoms with Crippen molar-refractivity contribution in [3.05, 3.63) is 64.7 Å². The third-order valence-corrected chi connectivity index (χ3v) is 2.89. The molecule has 0 unspecified atom stereocenters. The predicted molar refractivity (Wildman–Crippen MR) is 72.4 cm³/mol. The molecule has 0 aliphatic carbocycles. The maximum Gasteiger partial charge on any atom is 0.338 e. The average Bonchev–Trinajstić information content (AvgIpc) is 2.43. The van der Waals surface area contributed by atoms with Crippen LogP contribution in [-0.2, 0) is 0 Å². The molecule has 2 aromatic carbocycles. The van der Waals surface area contributed by atoms with Crippen molar-refractivity contribution >= 4 is 17.6 Å². The molecule has 0 radical (unpaired) electrons. The van der Waals surface area contributed by atoms with E-state index in [4.69, 9.17) is 5.11 Å². The molecule has 0 fully saturated rings. The van der Waals surface area contributed by atoms with Crippen LogP contribution in [0.1, 0.15) is 26.3 Å². The Labute approximate surface area is 119 Å². The van der Waals surface area contributed by atoms with Crippen LogP contribution in [0.15, 0.2) is 36.4 Å². The number of aromatic carboxylic acids is 1. The van der Waals surface area contributed by atoms with Gasteiger partial charge < -0.3 is 10.4 Å². The molecule has 0 saturated heterocycles. The Hall–Kier alpha value is -2.76. The molecule has 0 spiro atoms. The van der Waals surface area contributed by atoms with Gasteiger partial charge in [-0.15, -0.1) is 0 Å². The van der Waals surface area contributed by atoms with Crippen molar-refractivity contribution in [3.63, 3.8) is 0 Å². The summed E-state index contributed by atoms with van der Waals surface area (Å²) in [4.78, 5) is 22.8. The van der Waals surface area contributed by atoms with Crippen molar-refractivity contribution in [1.29, 1.82) is 0 Å². The summed E-state index contributed by atoms with van der Waals surface area (Å²) in [6, 6.07) is 7.45. The zero-order chi connectivity index (χ0) is 15.6. The third kappa shape index (κ3) is 3.05. The van der Waals surface area contributed by atoms with Crippen LogP contribution in [0.2, 0.25) is 0 Å². The summed E-state index contributed by atoms with van der Waals surface area (Å²) in [6.07, 6.45) is 0. The van der Waals surface area contributed by atoms with Crippen LogP contribution in [0.4, 0.5) is 14.5 Å². The van der Waals surface area contributed by atoms with Gasteiger partial charge in [0.1, 0.15) is 11.6 Å². The Morgan fingerprint density at radius 1 is 1.10 bits per heavy atom. The van der Waals surface area contributed by atoms with E-state index in [2.05, 4.69) is 5.32 Å². The minimum Gasteiger partial charge on any atom is -0.478 e. The standard InChI is InChI=1S/C15H11F2NO3/c1-8-3-2-4-10(13(8)17)14(19)18-9-5-6-12(16)11(7-9)15(20)21/h2-7H,1H3,(H,18,19)(H,20,21). The number of carbonyl (C=O) groups excluding carboxylic acids is 1. The second-order valence-corrected chi connectivity index (χ2v) is 4.39. The number of carbonyl (C=O) groups is 2. The van der Waals surface area contributed by atoms with E-state index < -0.39 is 29.1 Å². The lowest BCUT2D eigenvalue weighted by molar-refractivity contribution is 0.0691. The van der Waals surface area contributed by atoms with Gasteiger partial charge in [-0.25, -0.2) is 13.6 Å². The van der Waals surface area contributed by atoms with E-state index in [-0.39, 0.29) is 11.3 Å². The summed E-state index contributed by atoms with van der Waals surface area (Å²) in [5.41, 5.74) is -0.360. The molecule has 4 nitrogen and oxygen atoms in total. The Kier molecular flexibility index (Phi) is 3.98. The first-order valence-corrected chi connectivity index (χ1v) is 5.99. The zero-order valence-electron chi connectivity index (χ0n) is 11.0. The molecule has 2 aromatic rings. The average molecular weight is 291 g/mol. The first-order chi connectivity index (χ1) is 9.90. The van der Waals surface area contributed by atoms with Gasteiger partial charge in [-0.3, -0.25) is 4.79 Å². The fourth-order valence-electron chi connectivity index (χ4n) is 1.79. The number of rotatable bonds is 3. The number of amides is 1. The number of nitrogens with one attached hydrogen (secondary N) is 1. The molecule has 0 saturated carbocycles. The quantitative estimate of drug-likeness (QED) is 0.912. The third-order valence-electron chi connectivity index (χ3n) is 2.89.